The van der Waals surface area contributed by atoms with Crippen LogP contribution in [0.25, 0.3) is 0 Å². The Morgan fingerprint density at radius 3 is 2.30 bits per heavy atom. The lowest BCUT2D eigenvalue weighted by Gasteiger charge is -2.40. The lowest BCUT2D eigenvalue weighted by molar-refractivity contribution is -0.0589. The quantitative estimate of drug-likeness (QED) is 0.795. The Bertz CT molecular complexity index is 338. The molecule has 0 radical (unpaired) electrons. The number of piperazine rings is 1. The molecule has 0 aromatic carbocycles. The minimum atomic E-state index is -0.384. The van der Waals surface area contributed by atoms with Gasteiger partial charge >= 0.3 is 0 Å². The number of rotatable bonds is 6. The van der Waals surface area contributed by atoms with Gasteiger partial charge in [-0.15, -0.1) is 0 Å². The van der Waals surface area contributed by atoms with Crippen LogP contribution in [0.5, 0.6) is 0 Å². The number of piperidine rings is 1. The van der Waals surface area contributed by atoms with Crippen LogP contribution in [0.2, 0.25) is 0 Å². The highest BCUT2D eigenvalue weighted by atomic mass is 16.5. The lowest BCUT2D eigenvalue weighted by Crippen LogP contribution is -2.53. The first-order valence-corrected chi connectivity index (χ1v) is 9.30. The second-order valence-electron chi connectivity index (χ2n) is 8.31. The molecule has 0 aromatic rings. The maximum Gasteiger partial charge on any atom is 0.0900 e. The number of hydrogen-bond donors (Lipinski definition) is 1. The van der Waals surface area contributed by atoms with Gasteiger partial charge in [-0.05, 0) is 47.2 Å². The first-order chi connectivity index (χ1) is 10.8. The molecule has 0 saturated carbocycles. The molecule has 0 bridgehead atoms. The van der Waals surface area contributed by atoms with Gasteiger partial charge in [0.2, 0.25) is 0 Å². The van der Waals surface area contributed by atoms with Crippen molar-refractivity contribution in [2.75, 3.05) is 59.5 Å². The van der Waals surface area contributed by atoms with E-state index in [1.54, 1.807) is 0 Å². The van der Waals surface area contributed by atoms with Crippen molar-refractivity contribution in [1.29, 1.82) is 0 Å². The molecule has 5 heteroatoms. The van der Waals surface area contributed by atoms with Crippen LogP contribution in [0.3, 0.4) is 0 Å². The summed E-state index contributed by atoms with van der Waals surface area (Å²) in [5.74, 6) is 0. The largest absolute Gasteiger partial charge is 0.389 e. The summed E-state index contributed by atoms with van der Waals surface area (Å²) < 4.78 is 5.67. The summed E-state index contributed by atoms with van der Waals surface area (Å²) in [7, 11) is 2.27. The Balaban J connectivity index is 1.63. The first kappa shape index (κ1) is 19.1. The van der Waals surface area contributed by atoms with Gasteiger partial charge in [-0.3, -0.25) is 9.80 Å². The van der Waals surface area contributed by atoms with Crippen LogP contribution >= 0.6 is 0 Å². The van der Waals surface area contributed by atoms with Crippen molar-refractivity contribution in [3.8, 4) is 0 Å². The number of likely N-dealkylation sites (tertiary alicyclic amines) is 1. The van der Waals surface area contributed by atoms with Crippen LogP contribution in [0.15, 0.2) is 0 Å². The van der Waals surface area contributed by atoms with E-state index in [1.807, 2.05) is 20.8 Å². The van der Waals surface area contributed by atoms with E-state index < -0.39 is 0 Å². The number of aliphatic hydroxyl groups is 1. The van der Waals surface area contributed by atoms with Gasteiger partial charge in [0.15, 0.2) is 0 Å². The van der Waals surface area contributed by atoms with Crippen molar-refractivity contribution in [3.05, 3.63) is 0 Å². The van der Waals surface area contributed by atoms with E-state index >= 15 is 0 Å². The molecular weight excluding hydrogens is 290 g/mol. The topological polar surface area (TPSA) is 39.2 Å². The van der Waals surface area contributed by atoms with Gasteiger partial charge in [-0.1, -0.05) is 6.42 Å². The molecule has 2 aliphatic heterocycles. The second kappa shape index (κ2) is 8.77. The number of nitrogens with zero attached hydrogens (tertiary/aromatic N) is 3. The molecule has 2 fully saturated rings. The van der Waals surface area contributed by atoms with E-state index in [-0.39, 0.29) is 11.7 Å². The zero-order valence-corrected chi connectivity index (χ0v) is 15.6. The van der Waals surface area contributed by atoms with Gasteiger partial charge in [0, 0.05) is 45.3 Å². The maximum absolute atomic E-state index is 10.1. The van der Waals surface area contributed by atoms with Gasteiger partial charge in [-0.2, -0.15) is 0 Å². The van der Waals surface area contributed by atoms with Gasteiger partial charge < -0.3 is 14.7 Å². The third kappa shape index (κ3) is 7.06. The molecule has 1 N–H and O–H groups in total. The molecule has 2 atom stereocenters. The monoisotopic (exact) mass is 327 g/mol. The van der Waals surface area contributed by atoms with Gasteiger partial charge in [0.05, 0.1) is 18.3 Å². The minimum Gasteiger partial charge on any atom is -0.389 e. The summed E-state index contributed by atoms with van der Waals surface area (Å²) in [6, 6.07) is 0.737. The Morgan fingerprint density at radius 2 is 1.70 bits per heavy atom. The highest BCUT2D eigenvalue weighted by Crippen LogP contribution is 2.17. The molecule has 2 aliphatic rings. The molecule has 5 nitrogen and oxygen atoms in total. The molecule has 2 saturated heterocycles. The third-order valence-electron chi connectivity index (χ3n) is 5.03. The molecule has 0 amide bonds. The van der Waals surface area contributed by atoms with Crippen LogP contribution in [0, 0.1) is 0 Å². The van der Waals surface area contributed by atoms with Crippen LogP contribution in [0.4, 0.5) is 0 Å². The molecular formula is C18H37N3O2. The zero-order valence-electron chi connectivity index (χ0n) is 15.6. The van der Waals surface area contributed by atoms with Crippen LogP contribution in [-0.2, 0) is 4.74 Å². The Morgan fingerprint density at radius 1 is 1.04 bits per heavy atom. The predicted octanol–water partition coefficient (Wildman–Crippen LogP) is 1.26. The van der Waals surface area contributed by atoms with Crippen LogP contribution < -0.4 is 0 Å². The normalized spacial score (nSPS) is 27.3. The van der Waals surface area contributed by atoms with Crippen LogP contribution in [0.1, 0.15) is 40.0 Å². The van der Waals surface area contributed by atoms with Crippen molar-refractivity contribution in [2.24, 2.45) is 0 Å². The number of likely N-dealkylation sites (N-methyl/N-ethyl adjacent to an activating group) is 1. The molecule has 0 aromatic heterocycles. The summed E-state index contributed by atoms with van der Waals surface area (Å²) in [6.45, 7) is 14.1. The molecule has 23 heavy (non-hydrogen) atoms. The van der Waals surface area contributed by atoms with Crippen molar-refractivity contribution < 1.29 is 9.84 Å². The molecule has 2 heterocycles. The lowest BCUT2D eigenvalue weighted by atomic mass is 10.0. The van der Waals surface area contributed by atoms with E-state index in [9.17, 15) is 5.11 Å². The highest BCUT2D eigenvalue weighted by molar-refractivity contribution is 4.81. The van der Waals surface area contributed by atoms with E-state index in [1.165, 1.54) is 32.4 Å². The van der Waals surface area contributed by atoms with Gasteiger partial charge in [-0.25, -0.2) is 0 Å². The maximum atomic E-state index is 10.1. The molecule has 2 rings (SSSR count). The summed E-state index contributed by atoms with van der Waals surface area (Å²) in [5, 5.41) is 10.1. The zero-order chi connectivity index (χ0) is 16.9. The second-order valence-corrected chi connectivity index (χ2v) is 8.31. The summed E-state index contributed by atoms with van der Waals surface area (Å²) in [4.78, 5) is 7.50. The summed E-state index contributed by atoms with van der Waals surface area (Å²) in [6.07, 6.45) is 3.70. The minimum absolute atomic E-state index is 0.175. The molecule has 0 aliphatic carbocycles. The SMILES string of the molecule is CN1CCCC[C@@H]1CN1CCN(C[C@H](O)COC(C)(C)C)CC1. The average Bonchev–Trinajstić information content (AvgIpc) is 2.49. The standard InChI is InChI=1S/C18H37N3O2/c1-18(2,3)23-15-17(22)14-21-11-9-20(10-12-21)13-16-7-5-6-8-19(16)4/h16-17,22H,5-15H2,1-4H3/t16-,17+/m1/s1. The van der Waals surface area contributed by atoms with Crippen LogP contribution in [-0.4, -0.2) is 97.0 Å². The predicted molar refractivity (Wildman–Crippen MR) is 94.9 cm³/mol. The van der Waals surface area contributed by atoms with E-state index in [4.69, 9.17) is 4.74 Å². The third-order valence-corrected chi connectivity index (χ3v) is 5.03. The molecule has 0 unspecified atom stereocenters. The Hall–Kier alpha value is -0.200. The number of hydrogen-bond acceptors (Lipinski definition) is 5. The first-order valence-electron chi connectivity index (χ1n) is 9.30. The number of aliphatic hydroxyl groups excluding tert-OH is 1. The number of β-amino-alcohol motifs (C(OH)–C–C–N with tert-alkyl or cyclic N) is 1. The fourth-order valence-electron chi connectivity index (χ4n) is 3.52. The number of ether oxygens (including phenoxy) is 1. The molecule has 136 valence electrons. The fourth-order valence-corrected chi connectivity index (χ4v) is 3.52. The summed E-state index contributed by atoms with van der Waals surface area (Å²) in [5.41, 5.74) is -0.175. The highest BCUT2D eigenvalue weighted by Gasteiger charge is 2.25. The van der Waals surface area contributed by atoms with E-state index in [2.05, 4.69) is 21.7 Å². The molecule has 0 spiro atoms. The van der Waals surface area contributed by atoms with Crippen molar-refractivity contribution in [3.63, 3.8) is 0 Å². The van der Waals surface area contributed by atoms with Crippen molar-refractivity contribution in [1.82, 2.24) is 14.7 Å². The summed E-state index contributed by atoms with van der Waals surface area (Å²) >= 11 is 0. The van der Waals surface area contributed by atoms with Gasteiger partial charge in [0.1, 0.15) is 0 Å². The van der Waals surface area contributed by atoms with Crippen molar-refractivity contribution >= 4 is 0 Å². The Labute approximate surface area is 142 Å². The van der Waals surface area contributed by atoms with E-state index in [0.29, 0.717) is 6.61 Å². The average molecular weight is 328 g/mol. The van der Waals surface area contributed by atoms with Gasteiger partial charge in [0.25, 0.3) is 0 Å². The van der Waals surface area contributed by atoms with Crippen molar-refractivity contribution in [2.45, 2.75) is 57.8 Å². The Kier molecular flexibility index (Phi) is 7.29. The fraction of sp³-hybridized carbons (Fsp3) is 1.00. The van der Waals surface area contributed by atoms with E-state index in [0.717, 1.165) is 38.8 Å². The smallest absolute Gasteiger partial charge is 0.0900 e.